The minimum atomic E-state index is -0.479. The number of anilines is 1. The molecule has 1 amide bonds. The van der Waals surface area contributed by atoms with Crippen LogP contribution in [0.2, 0.25) is 0 Å². The van der Waals surface area contributed by atoms with Gasteiger partial charge in [-0.3, -0.25) is 4.79 Å². The smallest absolute Gasteiger partial charge is 0.268 e. The van der Waals surface area contributed by atoms with E-state index in [2.05, 4.69) is 23.2 Å². The molecule has 1 aliphatic rings. The molecule has 0 aliphatic carbocycles. The van der Waals surface area contributed by atoms with Gasteiger partial charge in [0.1, 0.15) is 18.1 Å². The lowest BCUT2D eigenvalue weighted by Crippen LogP contribution is -2.47. The molecule has 5 nitrogen and oxygen atoms in total. The Morgan fingerprint density at radius 3 is 2.78 bits per heavy atom. The van der Waals surface area contributed by atoms with Crippen LogP contribution in [0, 0.1) is 6.92 Å². The lowest BCUT2D eigenvalue weighted by molar-refractivity contribution is -0.126. The summed E-state index contributed by atoms with van der Waals surface area (Å²) in [6, 6.07) is 20.1. The van der Waals surface area contributed by atoms with Crippen LogP contribution >= 0.6 is 11.3 Å². The van der Waals surface area contributed by atoms with Crippen LogP contribution in [0.5, 0.6) is 11.5 Å². The normalized spacial score (nSPS) is 15.5. The second kappa shape index (κ2) is 8.63. The minimum Gasteiger partial charge on any atom is -0.491 e. The summed E-state index contributed by atoms with van der Waals surface area (Å²) < 4.78 is 12.1. The lowest BCUT2D eigenvalue weighted by atomic mass is 10.1. The molecule has 0 N–H and O–H groups in total. The molecular weight excluding hydrogens is 420 g/mol. The van der Waals surface area contributed by atoms with Crippen LogP contribution in [0.1, 0.15) is 18.4 Å². The van der Waals surface area contributed by atoms with Crippen molar-refractivity contribution in [3.8, 4) is 22.8 Å². The van der Waals surface area contributed by atoms with Crippen LogP contribution in [0.3, 0.4) is 0 Å². The van der Waals surface area contributed by atoms with Crippen molar-refractivity contribution in [3.05, 3.63) is 71.1 Å². The number of carbonyl (C=O) groups excluding carboxylic acids is 1. The molecule has 3 aromatic carbocycles. The standard InChI is InChI=1S/C26H24N2O3S/c1-3-23-26(29)28(13-14-30-24-10-6-8-18-7-4-5-9-20(18)24)22-15-19(11-12-25(22)31-23)21-16-32-17(2)27-21/h4-12,15-16,23H,3,13-14H2,1-2H3. The highest BCUT2D eigenvalue weighted by atomic mass is 32.1. The first kappa shape index (κ1) is 20.5. The summed E-state index contributed by atoms with van der Waals surface area (Å²) in [5, 5.41) is 5.24. The largest absolute Gasteiger partial charge is 0.491 e. The Hall–Kier alpha value is -3.38. The fourth-order valence-electron chi connectivity index (χ4n) is 4.04. The van der Waals surface area contributed by atoms with Crippen LogP contribution in [-0.4, -0.2) is 30.1 Å². The van der Waals surface area contributed by atoms with Gasteiger partial charge in [-0.25, -0.2) is 4.98 Å². The number of amides is 1. The van der Waals surface area contributed by atoms with Crippen molar-refractivity contribution < 1.29 is 14.3 Å². The molecular formula is C26H24N2O3S. The number of thiazole rings is 1. The molecule has 0 saturated heterocycles. The van der Waals surface area contributed by atoms with Gasteiger partial charge in [0.05, 0.1) is 22.9 Å². The molecule has 0 bridgehead atoms. The van der Waals surface area contributed by atoms with Crippen molar-refractivity contribution in [2.24, 2.45) is 0 Å². The average molecular weight is 445 g/mol. The van der Waals surface area contributed by atoms with E-state index in [0.29, 0.717) is 19.6 Å². The molecule has 1 unspecified atom stereocenters. The van der Waals surface area contributed by atoms with E-state index >= 15 is 0 Å². The monoisotopic (exact) mass is 444 g/mol. The van der Waals surface area contributed by atoms with Crippen molar-refractivity contribution in [2.75, 3.05) is 18.1 Å². The maximum Gasteiger partial charge on any atom is 0.268 e. The van der Waals surface area contributed by atoms with Gasteiger partial charge < -0.3 is 14.4 Å². The number of ether oxygens (including phenoxy) is 2. The minimum absolute atomic E-state index is 0.0341. The zero-order chi connectivity index (χ0) is 22.1. The predicted octanol–water partition coefficient (Wildman–Crippen LogP) is 5.85. The zero-order valence-corrected chi connectivity index (χ0v) is 18.9. The number of hydrogen-bond acceptors (Lipinski definition) is 5. The fourth-order valence-corrected chi connectivity index (χ4v) is 4.66. The molecule has 0 spiro atoms. The highest BCUT2D eigenvalue weighted by Crippen LogP contribution is 2.38. The number of nitrogens with zero attached hydrogens (tertiary/aromatic N) is 2. The van der Waals surface area contributed by atoms with Gasteiger partial charge in [-0.15, -0.1) is 11.3 Å². The maximum absolute atomic E-state index is 13.2. The fraction of sp³-hybridized carbons (Fsp3) is 0.231. The maximum atomic E-state index is 13.2. The average Bonchev–Trinajstić information content (AvgIpc) is 3.26. The molecule has 32 heavy (non-hydrogen) atoms. The van der Waals surface area contributed by atoms with Crippen molar-refractivity contribution in [2.45, 2.75) is 26.4 Å². The van der Waals surface area contributed by atoms with Gasteiger partial charge in [-0.1, -0.05) is 43.3 Å². The second-order valence-corrected chi connectivity index (χ2v) is 8.83. The number of aromatic nitrogens is 1. The van der Waals surface area contributed by atoms with Gasteiger partial charge in [0.15, 0.2) is 6.10 Å². The van der Waals surface area contributed by atoms with E-state index in [0.717, 1.165) is 44.2 Å². The molecule has 4 aromatic rings. The zero-order valence-electron chi connectivity index (χ0n) is 18.1. The third-order valence-electron chi connectivity index (χ3n) is 5.67. The van der Waals surface area contributed by atoms with Gasteiger partial charge in [0, 0.05) is 16.3 Å². The molecule has 5 rings (SSSR count). The molecule has 162 valence electrons. The van der Waals surface area contributed by atoms with E-state index < -0.39 is 6.10 Å². The summed E-state index contributed by atoms with van der Waals surface area (Å²) in [6.45, 7) is 4.77. The number of aryl methyl sites for hydroxylation is 1. The van der Waals surface area contributed by atoms with Gasteiger partial charge in [0.25, 0.3) is 5.91 Å². The molecule has 0 radical (unpaired) electrons. The van der Waals surface area contributed by atoms with Crippen molar-refractivity contribution in [3.63, 3.8) is 0 Å². The Morgan fingerprint density at radius 1 is 1.12 bits per heavy atom. The summed E-state index contributed by atoms with van der Waals surface area (Å²) >= 11 is 1.61. The number of carbonyl (C=O) groups is 1. The Bertz CT molecular complexity index is 1280. The van der Waals surface area contributed by atoms with E-state index in [-0.39, 0.29) is 5.91 Å². The lowest BCUT2D eigenvalue weighted by Gasteiger charge is -2.34. The first-order valence-corrected chi connectivity index (χ1v) is 11.7. The first-order chi connectivity index (χ1) is 15.6. The Balaban J connectivity index is 1.41. The van der Waals surface area contributed by atoms with E-state index in [1.54, 1.807) is 16.2 Å². The summed E-state index contributed by atoms with van der Waals surface area (Å²) in [4.78, 5) is 19.5. The summed E-state index contributed by atoms with van der Waals surface area (Å²) in [7, 11) is 0. The molecule has 0 saturated carbocycles. The molecule has 1 aliphatic heterocycles. The quantitative estimate of drug-likeness (QED) is 0.374. The topological polar surface area (TPSA) is 51.7 Å². The highest BCUT2D eigenvalue weighted by molar-refractivity contribution is 7.09. The highest BCUT2D eigenvalue weighted by Gasteiger charge is 2.33. The van der Waals surface area contributed by atoms with Crippen LogP contribution < -0.4 is 14.4 Å². The van der Waals surface area contributed by atoms with Gasteiger partial charge in [0.2, 0.25) is 0 Å². The molecule has 1 atom stereocenters. The van der Waals surface area contributed by atoms with Crippen molar-refractivity contribution >= 4 is 33.7 Å². The third-order valence-corrected chi connectivity index (χ3v) is 6.44. The predicted molar refractivity (Wildman–Crippen MR) is 129 cm³/mol. The number of hydrogen-bond donors (Lipinski definition) is 0. The second-order valence-electron chi connectivity index (χ2n) is 7.76. The summed E-state index contributed by atoms with van der Waals surface area (Å²) in [6.07, 6.45) is 0.138. The molecule has 1 aromatic heterocycles. The Labute approximate surface area is 191 Å². The SMILES string of the molecule is CCC1Oc2ccc(-c3csc(C)n3)cc2N(CCOc2cccc3ccccc23)C1=O. The van der Waals surface area contributed by atoms with E-state index in [1.807, 2.05) is 61.7 Å². The van der Waals surface area contributed by atoms with E-state index in [1.165, 1.54) is 0 Å². The van der Waals surface area contributed by atoms with Crippen molar-refractivity contribution in [1.82, 2.24) is 4.98 Å². The third kappa shape index (κ3) is 3.82. The van der Waals surface area contributed by atoms with Crippen molar-refractivity contribution in [1.29, 1.82) is 0 Å². The van der Waals surface area contributed by atoms with Crippen LogP contribution in [0.25, 0.3) is 22.0 Å². The number of rotatable bonds is 6. The molecule has 0 fully saturated rings. The Kier molecular flexibility index (Phi) is 5.53. The number of benzene rings is 3. The van der Waals surface area contributed by atoms with E-state index in [9.17, 15) is 4.79 Å². The van der Waals surface area contributed by atoms with Crippen LogP contribution in [0.4, 0.5) is 5.69 Å². The van der Waals surface area contributed by atoms with Gasteiger partial charge in [-0.2, -0.15) is 0 Å². The summed E-state index contributed by atoms with van der Waals surface area (Å²) in [5.74, 6) is 1.51. The summed E-state index contributed by atoms with van der Waals surface area (Å²) in [5.41, 5.74) is 2.65. The van der Waals surface area contributed by atoms with Gasteiger partial charge in [-0.05, 0) is 43.0 Å². The first-order valence-electron chi connectivity index (χ1n) is 10.8. The van der Waals surface area contributed by atoms with Crippen LogP contribution in [-0.2, 0) is 4.79 Å². The van der Waals surface area contributed by atoms with Gasteiger partial charge >= 0.3 is 0 Å². The van der Waals surface area contributed by atoms with E-state index in [4.69, 9.17) is 9.47 Å². The molecule has 2 heterocycles. The Morgan fingerprint density at radius 2 is 1.97 bits per heavy atom. The van der Waals surface area contributed by atoms with Crippen LogP contribution in [0.15, 0.2) is 66.0 Å². The number of fused-ring (bicyclic) bond motifs is 2. The molecule has 6 heteroatoms.